The van der Waals surface area contributed by atoms with Gasteiger partial charge >= 0.3 is 0 Å². The Bertz CT molecular complexity index is 575. The SMILES string of the molecule is N=C1CCc2cc(OCc3ccccc3)ccc21. The van der Waals surface area contributed by atoms with E-state index in [1.807, 2.05) is 30.3 Å². The van der Waals surface area contributed by atoms with Crippen LogP contribution in [0.4, 0.5) is 0 Å². The average Bonchev–Trinajstić information content (AvgIpc) is 2.79. The third-order valence-corrected chi connectivity index (χ3v) is 3.29. The molecule has 1 aliphatic carbocycles. The first kappa shape index (κ1) is 11.0. The van der Waals surface area contributed by atoms with Gasteiger partial charge in [-0.15, -0.1) is 0 Å². The van der Waals surface area contributed by atoms with Crippen molar-refractivity contribution in [3.63, 3.8) is 0 Å². The molecule has 0 atom stereocenters. The van der Waals surface area contributed by atoms with E-state index in [0.717, 1.165) is 29.9 Å². The van der Waals surface area contributed by atoms with Crippen LogP contribution in [0.5, 0.6) is 5.75 Å². The molecule has 90 valence electrons. The summed E-state index contributed by atoms with van der Waals surface area (Å²) in [6, 6.07) is 16.2. The second kappa shape index (κ2) is 4.65. The molecule has 0 saturated carbocycles. The Morgan fingerprint density at radius 3 is 2.67 bits per heavy atom. The number of nitrogens with one attached hydrogen (secondary N) is 1. The summed E-state index contributed by atoms with van der Waals surface area (Å²) < 4.78 is 5.78. The van der Waals surface area contributed by atoms with Crippen molar-refractivity contribution in [1.82, 2.24) is 0 Å². The molecule has 2 heteroatoms. The van der Waals surface area contributed by atoms with E-state index in [4.69, 9.17) is 10.1 Å². The minimum Gasteiger partial charge on any atom is -0.489 e. The lowest BCUT2D eigenvalue weighted by atomic mass is 10.1. The summed E-state index contributed by atoms with van der Waals surface area (Å²) in [6.07, 6.45) is 1.83. The van der Waals surface area contributed by atoms with E-state index in [2.05, 4.69) is 18.2 Å². The second-order valence-corrected chi connectivity index (χ2v) is 4.57. The molecule has 0 unspecified atom stereocenters. The zero-order valence-corrected chi connectivity index (χ0v) is 10.1. The number of hydrogen-bond acceptors (Lipinski definition) is 2. The Morgan fingerprint density at radius 1 is 1.00 bits per heavy atom. The van der Waals surface area contributed by atoms with Crippen LogP contribution in [-0.4, -0.2) is 5.71 Å². The largest absolute Gasteiger partial charge is 0.489 e. The Hall–Kier alpha value is -2.09. The number of benzene rings is 2. The van der Waals surface area contributed by atoms with Crippen LogP contribution in [0, 0.1) is 5.41 Å². The fourth-order valence-corrected chi connectivity index (χ4v) is 2.30. The van der Waals surface area contributed by atoms with E-state index in [0.29, 0.717) is 6.61 Å². The maximum Gasteiger partial charge on any atom is 0.120 e. The molecule has 0 spiro atoms. The Morgan fingerprint density at radius 2 is 1.83 bits per heavy atom. The third-order valence-electron chi connectivity index (χ3n) is 3.29. The van der Waals surface area contributed by atoms with Crippen LogP contribution in [0.15, 0.2) is 48.5 Å². The van der Waals surface area contributed by atoms with Crippen LogP contribution in [0.25, 0.3) is 0 Å². The minimum absolute atomic E-state index is 0.594. The van der Waals surface area contributed by atoms with Crippen molar-refractivity contribution in [3.8, 4) is 5.75 Å². The highest BCUT2D eigenvalue weighted by atomic mass is 16.5. The van der Waals surface area contributed by atoms with Gasteiger partial charge in [-0.1, -0.05) is 30.3 Å². The molecule has 2 nitrogen and oxygen atoms in total. The third kappa shape index (κ3) is 2.14. The summed E-state index contributed by atoms with van der Waals surface area (Å²) >= 11 is 0. The predicted molar refractivity (Wildman–Crippen MR) is 72.4 cm³/mol. The van der Waals surface area contributed by atoms with Crippen LogP contribution < -0.4 is 4.74 Å². The smallest absolute Gasteiger partial charge is 0.120 e. The molecule has 0 radical (unpaired) electrons. The highest BCUT2D eigenvalue weighted by molar-refractivity contribution is 6.02. The summed E-state index contributed by atoms with van der Waals surface area (Å²) in [5, 5.41) is 7.80. The zero-order chi connectivity index (χ0) is 12.4. The zero-order valence-electron chi connectivity index (χ0n) is 10.1. The number of fused-ring (bicyclic) bond motifs is 1. The molecule has 0 aliphatic heterocycles. The van der Waals surface area contributed by atoms with Gasteiger partial charge in [-0.3, -0.25) is 0 Å². The fourth-order valence-electron chi connectivity index (χ4n) is 2.30. The standard InChI is InChI=1S/C16H15NO/c17-16-9-6-13-10-14(7-8-15(13)16)18-11-12-4-2-1-3-5-12/h1-5,7-8,10,17H,6,9,11H2. The van der Waals surface area contributed by atoms with E-state index >= 15 is 0 Å². The maximum atomic E-state index is 7.80. The van der Waals surface area contributed by atoms with Crippen molar-refractivity contribution in [3.05, 3.63) is 65.2 Å². The van der Waals surface area contributed by atoms with Crippen molar-refractivity contribution < 1.29 is 4.74 Å². The average molecular weight is 237 g/mol. The van der Waals surface area contributed by atoms with Crippen molar-refractivity contribution >= 4 is 5.71 Å². The molecule has 18 heavy (non-hydrogen) atoms. The first-order valence-electron chi connectivity index (χ1n) is 6.20. The van der Waals surface area contributed by atoms with Gasteiger partial charge in [0.15, 0.2) is 0 Å². The van der Waals surface area contributed by atoms with Crippen molar-refractivity contribution in [1.29, 1.82) is 5.41 Å². The van der Waals surface area contributed by atoms with E-state index in [1.54, 1.807) is 0 Å². The van der Waals surface area contributed by atoms with Crippen LogP contribution in [0.1, 0.15) is 23.1 Å². The summed E-state index contributed by atoms with van der Waals surface area (Å²) in [6.45, 7) is 0.594. The molecule has 3 rings (SSSR count). The summed E-state index contributed by atoms with van der Waals surface area (Å²) in [7, 11) is 0. The number of hydrogen-bond donors (Lipinski definition) is 1. The highest BCUT2D eigenvalue weighted by Gasteiger charge is 2.16. The molecule has 0 aromatic heterocycles. The van der Waals surface area contributed by atoms with Crippen molar-refractivity contribution in [2.24, 2.45) is 0 Å². The molecule has 1 N–H and O–H groups in total. The van der Waals surface area contributed by atoms with Crippen molar-refractivity contribution in [2.45, 2.75) is 19.4 Å². The summed E-state index contributed by atoms with van der Waals surface area (Å²) in [5.74, 6) is 0.896. The second-order valence-electron chi connectivity index (χ2n) is 4.57. The molecule has 2 aromatic carbocycles. The van der Waals surface area contributed by atoms with Gasteiger partial charge in [0.2, 0.25) is 0 Å². The van der Waals surface area contributed by atoms with Gasteiger partial charge < -0.3 is 10.1 Å². The minimum atomic E-state index is 0.594. The molecule has 0 bridgehead atoms. The highest BCUT2D eigenvalue weighted by Crippen LogP contribution is 2.26. The molecule has 0 saturated heterocycles. The van der Waals surface area contributed by atoms with Gasteiger partial charge in [-0.2, -0.15) is 0 Å². The Kier molecular flexibility index (Phi) is 2.85. The number of rotatable bonds is 3. The first-order valence-corrected chi connectivity index (χ1v) is 6.20. The van der Waals surface area contributed by atoms with E-state index in [9.17, 15) is 0 Å². The van der Waals surface area contributed by atoms with E-state index in [-0.39, 0.29) is 0 Å². The molecular formula is C16H15NO. The van der Waals surface area contributed by atoms with Crippen LogP contribution >= 0.6 is 0 Å². The van der Waals surface area contributed by atoms with Gasteiger partial charge in [-0.25, -0.2) is 0 Å². The van der Waals surface area contributed by atoms with Gasteiger partial charge in [-0.05, 0) is 47.7 Å². The molecule has 0 amide bonds. The fraction of sp³-hybridized carbons (Fsp3) is 0.188. The topological polar surface area (TPSA) is 33.1 Å². The van der Waals surface area contributed by atoms with E-state index in [1.165, 1.54) is 11.1 Å². The lowest BCUT2D eigenvalue weighted by molar-refractivity contribution is 0.306. The Labute approximate surface area is 107 Å². The maximum absolute atomic E-state index is 7.80. The van der Waals surface area contributed by atoms with E-state index < -0.39 is 0 Å². The molecule has 0 heterocycles. The van der Waals surface area contributed by atoms with Gasteiger partial charge in [0.05, 0.1) is 0 Å². The van der Waals surface area contributed by atoms with Gasteiger partial charge in [0.25, 0.3) is 0 Å². The summed E-state index contributed by atoms with van der Waals surface area (Å²) in [5.41, 5.74) is 4.25. The van der Waals surface area contributed by atoms with Gasteiger partial charge in [0.1, 0.15) is 12.4 Å². The van der Waals surface area contributed by atoms with Gasteiger partial charge in [0, 0.05) is 5.71 Å². The number of aryl methyl sites for hydroxylation is 1. The normalized spacial score (nSPS) is 13.4. The van der Waals surface area contributed by atoms with Crippen LogP contribution in [0.3, 0.4) is 0 Å². The Balaban J connectivity index is 1.73. The monoisotopic (exact) mass is 237 g/mol. The predicted octanol–water partition coefficient (Wildman–Crippen LogP) is 3.58. The lowest BCUT2D eigenvalue weighted by Crippen LogP contribution is -1.96. The molecule has 0 fully saturated rings. The molecule has 1 aliphatic rings. The lowest BCUT2D eigenvalue weighted by Gasteiger charge is -2.08. The molecular weight excluding hydrogens is 222 g/mol. The number of ether oxygens (including phenoxy) is 1. The van der Waals surface area contributed by atoms with Crippen LogP contribution in [-0.2, 0) is 13.0 Å². The quantitative estimate of drug-likeness (QED) is 0.869. The summed E-state index contributed by atoms with van der Waals surface area (Å²) in [4.78, 5) is 0. The first-order chi connectivity index (χ1) is 8.83. The molecule has 2 aromatic rings. The van der Waals surface area contributed by atoms with Crippen LogP contribution in [0.2, 0.25) is 0 Å². The van der Waals surface area contributed by atoms with Crippen molar-refractivity contribution in [2.75, 3.05) is 0 Å².